The second kappa shape index (κ2) is 8.23. The van der Waals surface area contributed by atoms with Crippen LogP contribution in [0.2, 0.25) is 0 Å². The zero-order chi connectivity index (χ0) is 16.7. The zero-order valence-electron chi connectivity index (χ0n) is 14.3. The lowest BCUT2D eigenvalue weighted by molar-refractivity contribution is 0.395. The predicted octanol–water partition coefficient (Wildman–Crippen LogP) is 5.61. The maximum atomic E-state index is 4.23. The summed E-state index contributed by atoms with van der Waals surface area (Å²) in [6.07, 6.45) is 5.82. The molecule has 0 N–H and O–H groups in total. The summed E-state index contributed by atoms with van der Waals surface area (Å²) >= 11 is 0. The SMILES string of the molecule is C=C/C(C(=C)C(=C)/C=C\C)=C(/c1ccccc1)N(C)C(C)C. The predicted molar refractivity (Wildman–Crippen MR) is 99.6 cm³/mol. The third kappa shape index (κ3) is 4.11. The van der Waals surface area contributed by atoms with Gasteiger partial charge < -0.3 is 4.90 Å². The van der Waals surface area contributed by atoms with Gasteiger partial charge in [0.15, 0.2) is 0 Å². The molecular weight excluding hydrogens is 266 g/mol. The molecule has 0 amide bonds. The maximum absolute atomic E-state index is 4.23. The Hall–Kier alpha value is -2.28. The summed E-state index contributed by atoms with van der Waals surface area (Å²) in [5, 5.41) is 0. The van der Waals surface area contributed by atoms with Crippen molar-refractivity contribution in [1.29, 1.82) is 0 Å². The molecule has 0 heterocycles. The quantitative estimate of drug-likeness (QED) is 0.590. The standard InChI is InChI=1S/C21H27N/c1-8-13-17(5)18(6)20(9-2)21(22(7)16(3)4)19-14-11-10-12-15-19/h8-16H,2,5-6H2,1,3-4,7H3/b13-8-,21-20+. The fraction of sp³-hybridized carbons (Fsp3) is 0.238. The Balaban J connectivity index is 3.53. The number of hydrogen-bond acceptors (Lipinski definition) is 1. The van der Waals surface area contributed by atoms with E-state index in [0.717, 1.165) is 28.0 Å². The first-order valence-electron chi connectivity index (χ1n) is 7.60. The highest BCUT2D eigenvalue weighted by molar-refractivity contribution is 5.76. The van der Waals surface area contributed by atoms with Crippen LogP contribution in [0.3, 0.4) is 0 Å². The van der Waals surface area contributed by atoms with Gasteiger partial charge in [-0.05, 0) is 37.5 Å². The largest absolute Gasteiger partial charge is 0.371 e. The molecule has 0 aliphatic carbocycles. The highest BCUT2D eigenvalue weighted by Crippen LogP contribution is 2.30. The van der Waals surface area contributed by atoms with Crippen molar-refractivity contribution < 1.29 is 0 Å². The second-order valence-corrected chi connectivity index (χ2v) is 5.54. The van der Waals surface area contributed by atoms with Crippen molar-refractivity contribution in [2.24, 2.45) is 0 Å². The molecule has 1 rings (SSSR count). The third-order valence-electron chi connectivity index (χ3n) is 3.71. The van der Waals surface area contributed by atoms with Gasteiger partial charge in [0, 0.05) is 18.7 Å². The van der Waals surface area contributed by atoms with Crippen LogP contribution in [0.15, 0.2) is 85.0 Å². The van der Waals surface area contributed by atoms with Crippen LogP contribution in [-0.2, 0) is 0 Å². The van der Waals surface area contributed by atoms with Gasteiger partial charge in [-0.3, -0.25) is 0 Å². The van der Waals surface area contributed by atoms with Gasteiger partial charge in [-0.1, -0.05) is 68.3 Å². The molecule has 0 aliphatic rings. The highest BCUT2D eigenvalue weighted by Gasteiger charge is 2.17. The Morgan fingerprint density at radius 3 is 2.18 bits per heavy atom. The Morgan fingerprint density at radius 1 is 1.14 bits per heavy atom. The van der Waals surface area contributed by atoms with Gasteiger partial charge in [0.25, 0.3) is 0 Å². The van der Waals surface area contributed by atoms with E-state index >= 15 is 0 Å². The molecule has 22 heavy (non-hydrogen) atoms. The van der Waals surface area contributed by atoms with Crippen LogP contribution in [0, 0.1) is 0 Å². The lowest BCUT2D eigenvalue weighted by Crippen LogP contribution is -2.26. The van der Waals surface area contributed by atoms with Gasteiger partial charge in [-0.2, -0.15) is 0 Å². The van der Waals surface area contributed by atoms with E-state index in [9.17, 15) is 0 Å². The summed E-state index contributed by atoms with van der Waals surface area (Å²) in [6, 6.07) is 10.7. The fourth-order valence-corrected chi connectivity index (χ4v) is 2.24. The minimum absolute atomic E-state index is 0.368. The van der Waals surface area contributed by atoms with E-state index in [-0.39, 0.29) is 0 Å². The third-order valence-corrected chi connectivity index (χ3v) is 3.71. The normalized spacial score (nSPS) is 12.2. The molecule has 0 unspecified atom stereocenters. The van der Waals surface area contributed by atoms with Gasteiger partial charge in [0.1, 0.15) is 0 Å². The molecule has 0 spiro atoms. The Bertz CT molecular complexity index is 600. The van der Waals surface area contributed by atoms with E-state index in [1.54, 1.807) is 0 Å². The Labute approximate surface area is 135 Å². The number of allylic oxidation sites excluding steroid dienone is 6. The molecule has 0 saturated heterocycles. The van der Waals surface area contributed by atoms with Crippen LogP contribution in [0.4, 0.5) is 0 Å². The number of hydrogen-bond donors (Lipinski definition) is 0. The zero-order valence-corrected chi connectivity index (χ0v) is 14.3. The second-order valence-electron chi connectivity index (χ2n) is 5.54. The van der Waals surface area contributed by atoms with E-state index in [1.807, 2.05) is 43.4 Å². The molecular formula is C21H27N. The topological polar surface area (TPSA) is 3.24 Å². The Kier molecular flexibility index (Phi) is 6.65. The molecule has 1 heteroatoms. The van der Waals surface area contributed by atoms with Crippen LogP contribution in [0.25, 0.3) is 5.70 Å². The average Bonchev–Trinajstić information content (AvgIpc) is 2.52. The van der Waals surface area contributed by atoms with E-state index in [4.69, 9.17) is 0 Å². The number of rotatable bonds is 7. The molecule has 116 valence electrons. The smallest absolute Gasteiger partial charge is 0.0519 e. The van der Waals surface area contributed by atoms with Crippen molar-refractivity contribution in [3.05, 3.63) is 90.6 Å². The van der Waals surface area contributed by atoms with Gasteiger partial charge in [0.05, 0.1) is 5.70 Å². The summed E-state index contributed by atoms with van der Waals surface area (Å²) in [5.74, 6) is 0. The summed E-state index contributed by atoms with van der Waals surface area (Å²) in [4.78, 5) is 2.25. The van der Waals surface area contributed by atoms with Crippen LogP contribution < -0.4 is 0 Å². The maximum Gasteiger partial charge on any atom is 0.0519 e. The molecule has 0 aliphatic heterocycles. The van der Waals surface area contributed by atoms with Crippen molar-refractivity contribution in [3.8, 4) is 0 Å². The van der Waals surface area contributed by atoms with E-state index < -0.39 is 0 Å². The number of nitrogens with zero attached hydrogens (tertiary/aromatic N) is 1. The highest BCUT2D eigenvalue weighted by atomic mass is 15.1. The van der Waals surface area contributed by atoms with Crippen molar-refractivity contribution >= 4 is 5.70 Å². The molecule has 0 bridgehead atoms. The Morgan fingerprint density at radius 2 is 1.73 bits per heavy atom. The van der Waals surface area contributed by atoms with Gasteiger partial charge in [-0.15, -0.1) is 0 Å². The van der Waals surface area contributed by atoms with Crippen molar-refractivity contribution in [2.75, 3.05) is 7.05 Å². The van der Waals surface area contributed by atoms with Crippen LogP contribution in [0.5, 0.6) is 0 Å². The van der Waals surface area contributed by atoms with Crippen molar-refractivity contribution in [3.63, 3.8) is 0 Å². The monoisotopic (exact) mass is 293 g/mol. The summed E-state index contributed by atoms with van der Waals surface area (Å²) in [6.45, 7) is 18.7. The molecule has 0 aromatic heterocycles. The van der Waals surface area contributed by atoms with E-state index in [0.29, 0.717) is 6.04 Å². The van der Waals surface area contributed by atoms with Crippen LogP contribution in [-0.4, -0.2) is 18.0 Å². The van der Waals surface area contributed by atoms with Crippen LogP contribution >= 0.6 is 0 Å². The number of benzene rings is 1. The fourth-order valence-electron chi connectivity index (χ4n) is 2.24. The molecule has 1 aromatic rings. The van der Waals surface area contributed by atoms with Crippen molar-refractivity contribution in [2.45, 2.75) is 26.8 Å². The first-order chi connectivity index (χ1) is 10.4. The van der Waals surface area contributed by atoms with Gasteiger partial charge >= 0.3 is 0 Å². The molecule has 0 radical (unpaired) electrons. The van der Waals surface area contributed by atoms with E-state index in [1.165, 1.54) is 0 Å². The minimum Gasteiger partial charge on any atom is -0.371 e. The summed E-state index contributed by atoms with van der Waals surface area (Å²) in [5.41, 5.74) is 5.11. The van der Waals surface area contributed by atoms with Gasteiger partial charge in [-0.25, -0.2) is 0 Å². The first-order valence-corrected chi connectivity index (χ1v) is 7.60. The first kappa shape index (κ1) is 17.8. The average molecular weight is 293 g/mol. The molecule has 0 fully saturated rings. The molecule has 0 atom stereocenters. The summed E-state index contributed by atoms with van der Waals surface area (Å²) in [7, 11) is 2.10. The lowest BCUT2D eigenvalue weighted by atomic mass is 9.94. The minimum atomic E-state index is 0.368. The van der Waals surface area contributed by atoms with E-state index in [2.05, 4.69) is 57.7 Å². The molecule has 1 nitrogen and oxygen atoms in total. The van der Waals surface area contributed by atoms with Crippen LogP contribution in [0.1, 0.15) is 26.3 Å². The van der Waals surface area contributed by atoms with Crippen molar-refractivity contribution in [1.82, 2.24) is 4.90 Å². The molecule has 1 aromatic carbocycles. The lowest BCUT2D eigenvalue weighted by Gasteiger charge is -2.30. The molecule has 0 saturated carbocycles. The summed E-state index contributed by atoms with van der Waals surface area (Å²) < 4.78 is 0. The van der Waals surface area contributed by atoms with Gasteiger partial charge in [0.2, 0.25) is 0 Å².